The van der Waals surface area contributed by atoms with Crippen LogP contribution in [0.5, 0.6) is 0 Å². The van der Waals surface area contributed by atoms with Gasteiger partial charge in [0.25, 0.3) is 0 Å². The quantitative estimate of drug-likeness (QED) is 0.707. The van der Waals surface area contributed by atoms with E-state index in [4.69, 9.17) is 4.74 Å². The molecule has 0 saturated carbocycles. The Morgan fingerprint density at radius 3 is 2.14 bits per heavy atom. The molecule has 1 aromatic carbocycles. The summed E-state index contributed by atoms with van der Waals surface area (Å²) in [4.78, 5) is 11.7. The van der Waals surface area contributed by atoms with Crippen molar-refractivity contribution in [1.29, 1.82) is 0 Å². The van der Waals surface area contributed by atoms with Crippen molar-refractivity contribution in [1.82, 2.24) is 0 Å². The molecule has 0 radical (unpaired) electrons. The number of benzene rings is 1. The summed E-state index contributed by atoms with van der Waals surface area (Å²) in [7, 11) is 1.48. The zero-order valence-electron chi connectivity index (χ0n) is 14.4. The summed E-state index contributed by atoms with van der Waals surface area (Å²) in [6.07, 6.45) is 2.93. The van der Waals surface area contributed by atoms with Crippen LogP contribution in [0.2, 0.25) is 0 Å². The number of methoxy groups -OCH3 is 1. The maximum absolute atomic E-state index is 11.7. The van der Waals surface area contributed by atoms with Crippen LogP contribution in [-0.4, -0.2) is 13.1 Å². The summed E-state index contributed by atoms with van der Waals surface area (Å²) >= 11 is 0. The molecule has 118 valence electrons. The Morgan fingerprint density at radius 1 is 1.14 bits per heavy atom. The highest BCUT2D eigenvalue weighted by Gasteiger charge is 2.22. The van der Waals surface area contributed by atoms with Gasteiger partial charge in [-0.3, -0.25) is 4.79 Å². The number of carbonyl (C=O) groups excluding carboxylic acids is 1. The zero-order chi connectivity index (χ0) is 16.0. The van der Waals surface area contributed by atoms with E-state index in [1.165, 1.54) is 18.2 Å². The molecule has 0 amide bonds. The number of aryl methyl sites for hydroxylation is 1. The number of ether oxygens (including phenoxy) is 1. The molecule has 0 aromatic heterocycles. The lowest BCUT2D eigenvalue weighted by molar-refractivity contribution is -0.147. The van der Waals surface area contributed by atoms with Crippen LogP contribution in [-0.2, 0) is 21.4 Å². The second-order valence-corrected chi connectivity index (χ2v) is 7.21. The first-order valence-corrected chi connectivity index (χ1v) is 7.93. The van der Waals surface area contributed by atoms with Crippen molar-refractivity contribution in [2.75, 3.05) is 7.11 Å². The Balaban J connectivity index is 2.54. The van der Waals surface area contributed by atoms with Crippen LogP contribution >= 0.6 is 0 Å². The van der Waals surface area contributed by atoms with Crippen LogP contribution in [0.25, 0.3) is 0 Å². The van der Waals surface area contributed by atoms with Gasteiger partial charge in [-0.25, -0.2) is 0 Å². The van der Waals surface area contributed by atoms with E-state index in [2.05, 4.69) is 58.9 Å². The van der Waals surface area contributed by atoms with Crippen molar-refractivity contribution in [3.05, 3.63) is 35.4 Å². The lowest BCUT2D eigenvalue weighted by atomic mass is 9.86. The molecule has 0 bridgehead atoms. The minimum atomic E-state index is -0.0759. The van der Waals surface area contributed by atoms with Gasteiger partial charge in [-0.15, -0.1) is 0 Å². The fourth-order valence-electron chi connectivity index (χ4n) is 2.57. The van der Waals surface area contributed by atoms with E-state index in [0.29, 0.717) is 5.92 Å². The molecule has 1 rings (SSSR count). The van der Waals surface area contributed by atoms with E-state index in [-0.39, 0.29) is 17.3 Å². The lowest BCUT2D eigenvalue weighted by Gasteiger charge is -2.20. The molecule has 2 nitrogen and oxygen atoms in total. The van der Waals surface area contributed by atoms with Gasteiger partial charge in [-0.05, 0) is 41.7 Å². The third-order valence-corrected chi connectivity index (χ3v) is 4.11. The molecule has 0 fully saturated rings. The van der Waals surface area contributed by atoms with Crippen molar-refractivity contribution >= 4 is 5.97 Å². The number of rotatable bonds is 6. The largest absolute Gasteiger partial charge is 0.469 e. The molecule has 0 spiro atoms. The predicted octanol–water partition coefficient (Wildman–Crippen LogP) is 4.75. The fourth-order valence-corrected chi connectivity index (χ4v) is 2.57. The lowest BCUT2D eigenvalue weighted by Crippen LogP contribution is -2.21. The number of carbonyl (C=O) groups is 1. The molecule has 1 aromatic rings. The van der Waals surface area contributed by atoms with E-state index in [1.807, 2.05) is 0 Å². The van der Waals surface area contributed by atoms with Gasteiger partial charge in [-0.2, -0.15) is 0 Å². The summed E-state index contributed by atoms with van der Waals surface area (Å²) in [5, 5.41) is 0. The van der Waals surface area contributed by atoms with E-state index in [9.17, 15) is 4.79 Å². The van der Waals surface area contributed by atoms with E-state index < -0.39 is 0 Å². The third kappa shape index (κ3) is 5.53. The van der Waals surface area contributed by atoms with Gasteiger partial charge in [0.2, 0.25) is 0 Å². The van der Waals surface area contributed by atoms with Crippen LogP contribution in [0, 0.1) is 11.8 Å². The number of esters is 1. The van der Waals surface area contributed by atoms with Gasteiger partial charge in [0, 0.05) is 0 Å². The Kier molecular flexibility index (Phi) is 6.44. The van der Waals surface area contributed by atoms with E-state index >= 15 is 0 Å². The highest BCUT2D eigenvalue weighted by atomic mass is 16.5. The highest BCUT2D eigenvalue weighted by Crippen LogP contribution is 2.24. The monoisotopic (exact) mass is 290 g/mol. The van der Waals surface area contributed by atoms with Gasteiger partial charge in [0.1, 0.15) is 0 Å². The molecule has 2 heteroatoms. The third-order valence-electron chi connectivity index (χ3n) is 4.11. The molecule has 0 saturated heterocycles. The minimum absolute atomic E-state index is 0.0175. The van der Waals surface area contributed by atoms with Crippen LogP contribution < -0.4 is 0 Å². The highest BCUT2D eigenvalue weighted by molar-refractivity contribution is 5.72. The topological polar surface area (TPSA) is 26.3 Å². The first kappa shape index (κ1) is 17.7. The standard InChI is InChI=1S/C19H30O2/c1-14(2)17(18(20)21-6)9-7-8-15-10-12-16(13-11-15)19(3,4)5/h10-14,17H,7-9H2,1-6H3. The molecular weight excluding hydrogens is 260 g/mol. The normalized spacial score (nSPS) is 13.3. The van der Waals surface area contributed by atoms with Crippen LogP contribution in [0.4, 0.5) is 0 Å². The molecule has 0 aliphatic heterocycles. The van der Waals surface area contributed by atoms with E-state index in [1.54, 1.807) is 0 Å². The Morgan fingerprint density at radius 2 is 1.71 bits per heavy atom. The van der Waals surface area contributed by atoms with Crippen molar-refractivity contribution in [2.24, 2.45) is 11.8 Å². The van der Waals surface area contributed by atoms with Crippen molar-refractivity contribution < 1.29 is 9.53 Å². The predicted molar refractivity (Wildman–Crippen MR) is 88.4 cm³/mol. The Labute approximate surface area is 129 Å². The van der Waals surface area contributed by atoms with Gasteiger partial charge in [-0.1, -0.05) is 58.9 Å². The Hall–Kier alpha value is -1.31. The average Bonchev–Trinajstić information content (AvgIpc) is 2.42. The molecule has 21 heavy (non-hydrogen) atoms. The molecule has 0 aliphatic rings. The van der Waals surface area contributed by atoms with Gasteiger partial charge in [0.05, 0.1) is 13.0 Å². The van der Waals surface area contributed by atoms with E-state index in [0.717, 1.165) is 19.3 Å². The second kappa shape index (κ2) is 7.63. The first-order valence-electron chi connectivity index (χ1n) is 7.93. The van der Waals surface area contributed by atoms with Gasteiger partial charge < -0.3 is 4.74 Å². The summed E-state index contributed by atoms with van der Waals surface area (Å²) in [5.74, 6) is 0.276. The molecule has 1 atom stereocenters. The molecule has 1 unspecified atom stereocenters. The van der Waals surface area contributed by atoms with Crippen LogP contribution in [0.15, 0.2) is 24.3 Å². The maximum atomic E-state index is 11.7. The van der Waals surface area contributed by atoms with Crippen molar-refractivity contribution in [2.45, 2.75) is 59.3 Å². The van der Waals surface area contributed by atoms with Crippen molar-refractivity contribution in [3.63, 3.8) is 0 Å². The summed E-state index contributed by atoms with van der Waals surface area (Å²) < 4.78 is 4.89. The first-order chi connectivity index (χ1) is 9.75. The SMILES string of the molecule is COC(=O)C(CCCc1ccc(C(C)(C)C)cc1)C(C)C. The molecule has 0 N–H and O–H groups in total. The number of hydrogen-bond acceptors (Lipinski definition) is 2. The average molecular weight is 290 g/mol. The fraction of sp³-hybridized carbons (Fsp3) is 0.632. The summed E-state index contributed by atoms with van der Waals surface area (Å²) in [5.41, 5.74) is 2.91. The summed E-state index contributed by atoms with van der Waals surface area (Å²) in [6, 6.07) is 8.86. The molecule has 0 aliphatic carbocycles. The minimum Gasteiger partial charge on any atom is -0.469 e. The maximum Gasteiger partial charge on any atom is 0.308 e. The van der Waals surface area contributed by atoms with Crippen molar-refractivity contribution in [3.8, 4) is 0 Å². The molecular formula is C19H30O2. The summed E-state index contributed by atoms with van der Waals surface area (Å²) in [6.45, 7) is 10.8. The second-order valence-electron chi connectivity index (χ2n) is 7.21. The van der Waals surface area contributed by atoms with Gasteiger partial charge >= 0.3 is 5.97 Å². The van der Waals surface area contributed by atoms with Crippen LogP contribution in [0.1, 0.15) is 58.6 Å². The van der Waals surface area contributed by atoms with Crippen LogP contribution in [0.3, 0.4) is 0 Å². The number of hydrogen-bond donors (Lipinski definition) is 0. The Bertz CT molecular complexity index is 438. The molecule has 0 heterocycles. The smallest absolute Gasteiger partial charge is 0.308 e. The zero-order valence-corrected chi connectivity index (χ0v) is 14.4. The van der Waals surface area contributed by atoms with Gasteiger partial charge in [0.15, 0.2) is 0 Å².